The molecule has 0 bridgehead atoms. The number of alkyl halides is 5. The summed E-state index contributed by atoms with van der Waals surface area (Å²) in [6.45, 7) is 6.42. The molecule has 1 N–H and O–H groups in total. The van der Waals surface area contributed by atoms with Crippen LogP contribution < -0.4 is 9.46 Å². The molecule has 0 fully saturated rings. The summed E-state index contributed by atoms with van der Waals surface area (Å²) in [6, 6.07) is 4.57. The topological polar surface area (TPSA) is 64.6 Å². The van der Waals surface area contributed by atoms with Crippen LogP contribution >= 0.6 is 0 Å². The summed E-state index contributed by atoms with van der Waals surface area (Å²) in [7, 11) is -3.65. The van der Waals surface area contributed by atoms with E-state index < -0.39 is 34.8 Å². The Morgan fingerprint density at radius 1 is 1.07 bits per heavy atom. The number of ether oxygens (including phenoxy) is 2. The van der Waals surface area contributed by atoms with Crippen molar-refractivity contribution in [1.82, 2.24) is 4.72 Å². The lowest BCUT2D eigenvalue weighted by Gasteiger charge is -2.20. The van der Waals surface area contributed by atoms with E-state index in [0.717, 1.165) is 0 Å². The van der Waals surface area contributed by atoms with Gasteiger partial charge in [0.2, 0.25) is 10.0 Å². The summed E-state index contributed by atoms with van der Waals surface area (Å²) >= 11 is 0. The molecule has 174 valence electrons. The first-order chi connectivity index (χ1) is 13.5. The van der Waals surface area contributed by atoms with Gasteiger partial charge in [-0.2, -0.15) is 22.0 Å². The Kier molecular flexibility index (Phi) is 9.06. The van der Waals surface area contributed by atoms with Crippen molar-refractivity contribution in [3.63, 3.8) is 0 Å². The van der Waals surface area contributed by atoms with Crippen LogP contribution in [0.4, 0.5) is 22.0 Å². The Hall–Kier alpha value is -1.46. The van der Waals surface area contributed by atoms with Gasteiger partial charge in [-0.25, -0.2) is 13.1 Å². The fraction of sp³-hybridized carbons (Fsp3) is 0.684. The summed E-state index contributed by atoms with van der Waals surface area (Å²) in [5.74, 6) is -5.39. The lowest BCUT2D eigenvalue weighted by molar-refractivity contribution is -0.290. The van der Waals surface area contributed by atoms with Gasteiger partial charge in [-0.3, -0.25) is 0 Å². The molecule has 0 aromatic heterocycles. The Morgan fingerprint density at radius 3 is 2.27 bits per heavy atom. The van der Waals surface area contributed by atoms with Crippen molar-refractivity contribution in [2.75, 3.05) is 25.6 Å². The molecule has 0 aliphatic carbocycles. The highest BCUT2D eigenvalue weighted by molar-refractivity contribution is 7.89. The molecule has 1 rings (SSSR count). The fourth-order valence-electron chi connectivity index (χ4n) is 2.26. The maximum absolute atomic E-state index is 13.0. The Labute approximate surface area is 174 Å². The van der Waals surface area contributed by atoms with Gasteiger partial charge in [0, 0.05) is 12.6 Å². The second-order valence-electron chi connectivity index (χ2n) is 8.19. The van der Waals surface area contributed by atoms with E-state index in [1.54, 1.807) is 0 Å². The van der Waals surface area contributed by atoms with Crippen LogP contribution in [0.15, 0.2) is 24.3 Å². The molecule has 11 heteroatoms. The third-order valence-corrected chi connectivity index (χ3v) is 5.32. The Morgan fingerprint density at radius 2 is 1.70 bits per heavy atom. The van der Waals surface area contributed by atoms with E-state index in [4.69, 9.17) is 4.74 Å². The van der Waals surface area contributed by atoms with Crippen molar-refractivity contribution in [2.45, 2.75) is 52.3 Å². The molecule has 1 atom stereocenters. The number of sulfonamides is 1. The van der Waals surface area contributed by atoms with Crippen LogP contribution in [-0.4, -0.2) is 46.1 Å². The van der Waals surface area contributed by atoms with Crippen LogP contribution in [0.5, 0.6) is 5.75 Å². The van der Waals surface area contributed by atoms with Crippen molar-refractivity contribution >= 4 is 10.0 Å². The second-order valence-corrected chi connectivity index (χ2v) is 10.1. The monoisotopic (exact) mass is 461 g/mol. The maximum Gasteiger partial charge on any atom is 0.456 e. The van der Waals surface area contributed by atoms with E-state index in [1.165, 1.54) is 31.2 Å². The molecule has 0 aliphatic rings. The molecule has 1 aromatic carbocycles. The predicted octanol–water partition coefficient (Wildman–Crippen LogP) is 4.70. The summed E-state index contributed by atoms with van der Waals surface area (Å²) in [5, 5.41) is 0. The molecule has 0 radical (unpaired) electrons. The average molecular weight is 461 g/mol. The molecular weight excluding hydrogens is 433 g/mol. The molecule has 0 spiro atoms. The smallest absolute Gasteiger partial charge is 0.456 e. The Balaban J connectivity index is 2.61. The highest BCUT2D eigenvalue weighted by atomic mass is 32.2. The third-order valence-electron chi connectivity index (χ3n) is 3.79. The first kappa shape index (κ1) is 26.6. The fourth-order valence-corrected chi connectivity index (χ4v) is 3.55. The van der Waals surface area contributed by atoms with Crippen LogP contribution in [0.25, 0.3) is 0 Å². The zero-order valence-electron chi connectivity index (χ0n) is 17.4. The molecular formula is C19H28F5NO4S. The van der Waals surface area contributed by atoms with E-state index in [0.29, 0.717) is 12.2 Å². The van der Waals surface area contributed by atoms with E-state index >= 15 is 0 Å². The second kappa shape index (κ2) is 10.2. The van der Waals surface area contributed by atoms with Gasteiger partial charge in [0.05, 0.1) is 12.4 Å². The number of benzene rings is 1. The summed E-state index contributed by atoms with van der Waals surface area (Å²) in [4.78, 5) is 0. The van der Waals surface area contributed by atoms with Gasteiger partial charge in [-0.15, -0.1) is 0 Å². The normalized spacial score (nSPS) is 14.6. The minimum atomic E-state index is -5.72. The lowest BCUT2D eigenvalue weighted by Crippen LogP contribution is -2.41. The van der Waals surface area contributed by atoms with Crippen LogP contribution in [-0.2, 0) is 14.8 Å². The zero-order chi connectivity index (χ0) is 23.2. The lowest BCUT2D eigenvalue weighted by atomic mass is 9.99. The van der Waals surface area contributed by atoms with E-state index in [1.807, 2.05) is 20.8 Å². The highest BCUT2D eigenvalue weighted by Crippen LogP contribution is 2.35. The van der Waals surface area contributed by atoms with Crippen molar-refractivity contribution in [3.05, 3.63) is 29.8 Å². The maximum atomic E-state index is 13.0. The molecule has 0 heterocycles. The first-order valence-electron chi connectivity index (χ1n) is 9.27. The molecule has 0 unspecified atom stereocenters. The Bertz CT molecular complexity index is 776. The van der Waals surface area contributed by atoms with E-state index in [2.05, 4.69) is 9.46 Å². The first-order valence-corrected chi connectivity index (χ1v) is 10.9. The summed E-state index contributed by atoms with van der Waals surface area (Å²) < 4.78 is 99.5. The number of hydrogen-bond donors (Lipinski definition) is 1. The van der Waals surface area contributed by atoms with Crippen molar-refractivity contribution in [3.8, 4) is 5.75 Å². The largest absolute Gasteiger partial charge is 0.487 e. The summed E-state index contributed by atoms with van der Waals surface area (Å²) in [6.07, 6.45) is -5.43. The van der Waals surface area contributed by atoms with Crippen molar-refractivity contribution in [2.24, 2.45) is 5.41 Å². The quantitative estimate of drug-likeness (QED) is 0.383. The van der Waals surface area contributed by atoms with Gasteiger partial charge in [-0.1, -0.05) is 32.9 Å². The predicted molar refractivity (Wildman–Crippen MR) is 103 cm³/mol. The van der Waals surface area contributed by atoms with E-state index in [-0.39, 0.29) is 29.9 Å². The SMILES string of the molecule is C[C@@H](NS(=O)(=O)CCCOCC(C)(C)C)c1cccc(OCC(F)(F)C(F)(F)F)c1. The number of nitrogens with one attached hydrogen (secondary N) is 1. The van der Waals surface area contributed by atoms with Gasteiger partial charge >= 0.3 is 12.1 Å². The van der Waals surface area contributed by atoms with Crippen LogP contribution in [0.1, 0.15) is 45.7 Å². The van der Waals surface area contributed by atoms with Crippen LogP contribution in [0.2, 0.25) is 0 Å². The van der Waals surface area contributed by atoms with Gasteiger partial charge in [-0.05, 0) is 36.5 Å². The number of rotatable bonds is 11. The molecule has 0 aliphatic heterocycles. The van der Waals surface area contributed by atoms with Gasteiger partial charge < -0.3 is 9.47 Å². The van der Waals surface area contributed by atoms with Crippen molar-refractivity contribution < 1.29 is 39.8 Å². The summed E-state index contributed by atoms with van der Waals surface area (Å²) in [5.41, 5.74) is 0.332. The molecule has 0 amide bonds. The number of hydrogen-bond acceptors (Lipinski definition) is 4. The van der Waals surface area contributed by atoms with E-state index in [9.17, 15) is 30.4 Å². The average Bonchev–Trinajstić information content (AvgIpc) is 2.57. The molecule has 0 saturated carbocycles. The van der Waals surface area contributed by atoms with Crippen LogP contribution in [0, 0.1) is 5.41 Å². The van der Waals surface area contributed by atoms with Gasteiger partial charge in [0.15, 0.2) is 6.61 Å². The van der Waals surface area contributed by atoms with Gasteiger partial charge in [0.1, 0.15) is 5.75 Å². The molecule has 30 heavy (non-hydrogen) atoms. The minimum absolute atomic E-state index is 0.0250. The minimum Gasteiger partial charge on any atom is -0.487 e. The molecule has 0 saturated heterocycles. The standard InChI is InChI=1S/C19H28F5NO4S/c1-14(25-30(26,27)10-6-9-28-12-17(2,3)4)15-7-5-8-16(11-15)29-13-18(20,21)19(22,23)24/h5,7-8,11,14,25H,6,9-10,12-13H2,1-4H3/t14-/m1/s1. The van der Waals surface area contributed by atoms with Crippen LogP contribution in [0.3, 0.4) is 0 Å². The van der Waals surface area contributed by atoms with Gasteiger partial charge in [0.25, 0.3) is 0 Å². The molecule has 1 aromatic rings. The van der Waals surface area contributed by atoms with Crippen molar-refractivity contribution in [1.29, 1.82) is 0 Å². The zero-order valence-corrected chi connectivity index (χ0v) is 18.2. The molecule has 5 nitrogen and oxygen atoms in total. The third kappa shape index (κ3) is 9.57. The highest BCUT2D eigenvalue weighted by Gasteiger charge is 2.58. The number of halogens is 5.